The monoisotopic (exact) mass is 435 g/mol. The molecular weight excluding hydrogens is 402 g/mol. The quantitative estimate of drug-likeness (QED) is 0.527. The number of esters is 1. The highest BCUT2D eigenvalue weighted by Gasteiger charge is 2.22. The summed E-state index contributed by atoms with van der Waals surface area (Å²) in [5.74, 6) is 0.848. The average Bonchev–Trinajstić information content (AvgIpc) is 3.25. The van der Waals surface area contributed by atoms with Gasteiger partial charge in [-0.3, -0.25) is 14.5 Å². The Hall–Kier alpha value is -1.77. The highest BCUT2D eigenvalue weighted by Crippen LogP contribution is 2.34. The topological polar surface area (TPSA) is 95.5 Å². The van der Waals surface area contributed by atoms with Gasteiger partial charge in [0.2, 0.25) is 0 Å². The van der Waals surface area contributed by atoms with E-state index in [2.05, 4.69) is 23.7 Å². The number of aliphatic hydroxyl groups excluding tert-OH is 1. The number of aromatic nitrogens is 2. The molecule has 0 bridgehead atoms. The number of nitrogens with zero attached hydrogens (tertiary/aromatic N) is 2. The molecule has 7 nitrogen and oxygen atoms in total. The molecule has 0 aliphatic heterocycles. The molecule has 2 N–H and O–H groups in total. The molecule has 2 aromatic rings. The molecule has 0 radical (unpaired) electrons. The Labute approximate surface area is 181 Å². The maximum atomic E-state index is 12.7. The summed E-state index contributed by atoms with van der Waals surface area (Å²) >= 11 is 1.63. The standard InChI is InChI=1S/C22H33N3O4S/c1-4-6-19(27)29-13-15(26)11-25(10-9-14(2)3)12-18-23-21(28)20-16-7-5-8-17(16)30-22(20)24-18/h14-15,26H,4-13H2,1-3H3,(H,23,24,28)/t15-/m0/s1. The molecule has 2 aromatic heterocycles. The van der Waals surface area contributed by atoms with Crippen molar-refractivity contribution < 1.29 is 14.6 Å². The number of carbonyl (C=O) groups excluding carboxylic acids is 1. The number of hydrogen-bond donors (Lipinski definition) is 2. The van der Waals surface area contributed by atoms with Crippen molar-refractivity contribution in [1.29, 1.82) is 0 Å². The van der Waals surface area contributed by atoms with Crippen LogP contribution in [-0.4, -0.2) is 51.7 Å². The van der Waals surface area contributed by atoms with E-state index in [9.17, 15) is 14.7 Å². The molecule has 1 atom stereocenters. The molecule has 0 amide bonds. The summed E-state index contributed by atoms with van der Waals surface area (Å²) in [6.07, 6.45) is 4.38. The van der Waals surface area contributed by atoms with Crippen LogP contribution in [0.3, 0.4) is 0 Å². The third kappa shape index (κ3) is 5.89. The number of hydrogen-bond acceptors (Lipinski definition) is 7. The number of fused-ring (bicyclic) bond motifs is 3. The summed E-state index contributed by atoms with van der Waals surface area (Å²) in [6, 6.07) is 0. The lowest BCUT2D eigenvalue weighted by Crippen LogP contribution is -2.37. The molecular formula is C22H33N3O4S. The van der Waals surface area contributed by atoms with Gasteiger partial charge in [-0.1, -0.05) is 20.8 Å². The van der Waals surface area contributed by atoms with Gasteiger partial charge >= 0.3 is 5.97 Å². The molecule has 2 heterocycles. The molecule has 0 saturated carbocycles. The van der Waals surface area contributed by atoms with Crippen LogP contribution >= 0.6 is 11.3 Å². The van der Waals surface area contributed by atoms with Crippen LogP contribution in [0.1, 0.15) is 62.7 Å². The van der Waals surface area contributed by atoms with Crippen molar-refractivity contribution in [1.82, 2.24) is 14.9 Å². The lowest BCUT2D eigenvalue weighted by molar-refractivity contribution is -0.147. The fourth-order valence-corrected chi connectivity index (χ4v) is 5.11. The van der Waals surface area contributed by atoms with Crippen molar-refractivity contribution in [2.75, 3.05) is 19.7 Å². The van der Waals surface area contributed by atoms with Crippen LogP contribution in [0.5, 0.6) is 0 Å². The minimum absolute atomic E-state index is 0.0162. The summed E-state index contributed by atoms with van der Waals surface area (Å²) in [6.45, 7) is 7.77. The Morgan fingerprint density at radius 2 is 2.17 bits per heavy atom. The van der Waals surface area contributed by atoms with Crippen molar-refractivity contribution in [3.05, 3.63) is 26.6 Å². The van der Waals surface area contributed by atoms with Gasteiger partial charge in [0.25, 0.3) is 5.56 Å². The van der Waals surface area contributed by atoms with Crippen LogP contribution in [0, 0.1) is 5.92 Å². The zero-order valence-corrected chi connectivity index (χ0v) is 19.0. The smallest absolute Gasteiger partial charge is 0.305 e. The van der Waals surface area contributed by atoms with E-state index in [0.29, 0.717) is 31.3 Å². The van der Waals surface area contributed by atoms with E-state index in [0.717, 1.165) is 48.9 Å². The average molecular weight is 436 g/mol. The van der Waals surface area contributed by atoms with Crippen molar-refractivity contribution in [2.45, 2.75) is 71.9 Å². The molecule has 0 unspecified atom stereocenters. The molecule has 0 aromatic carbocycles. The van der Waals surface area contributed by atoms with Crippen LogP contribution in [-0.2, 0) is 28.9 Å². The van der Waals surface area contributed by atoms with E-state index in [1.165, 1.54) is 10.4 Å². The molecule has 0 fully saturated rings. The van der Waals surface area contributed by atoms with E-state index in [-0.39, 0.29) is 18.1 Å². The number of rotatable bonds is 11. The zero-order valence-electron chi connectivity index (χ0n) is 18.2. The first kappa shape index (κ1) is 22.9. The second-order valence-electron chi connectivity index (χ2n) is 8.55. The Morgan fingerprint density at radius 3 is 2.90 bits per heavy atom. The summed E-state index contributed by atoms with van der Waals surface area (Å²) in [5.41, 5.74) is 1.11. The first-order chi connectivity index (χ1) is 14.4. The SMILES string of the molecule is CCCC(=O)OC[C@@H](O)CN(CCC(C)C)Cc1nc2sc3c(c2c(=O)[nH]1)CCC3. The van der Waals surface area contributed by atoms with Crippen LogP contribution in [0.2, 0.25) is 0 Å². The van der Waals surface area contributed by atoms with Gasteiger partial charge in [0, 0.05) is 17.8 Å². The Kier molecular flexibility index (Phi) is 8.02. The second-order valence-corrected chi connectivity index (χ2v) is 9.64. The summed E-state index contributed by atoms with van der Waals surface area (Å²) in [4.78, 5) is 36.1. The van der Waals surface area contributed by atoms with Crippen LogP contribution < -0.4 is 5.56 Å². The van der Waals surface area contributed by atoms with E-state index in [1.54, 1.807) is 11.3 Å². The van der Waals surface area contributed by atoms with Crippen LogP contribution in [0.25, 0.3) is 10.2 Å². The zero-order chi connectivity index (χ0) is 21.7. The van der Waals surface area contributed by atoms with Gasteiger partial charge in [0.1, 0.15) is 23.4 Å². The highest BCUT2D eigenvalue weighted by molar-refractivity contribution is 7.18. The first-order valence-electron chi connectivity index (χ1n) is 11.0. The van der Waals surface area contributed by atoms with Gasteiger partial charge in [-0.2, -0.15) is 0 Å². The summed E-state index contributed by atoms with van der Waals surface area (Å²) in [7, 11) is 0. The maximum Gasteiger partial charge on any atom is 0.305 e. The van der Waals surface area contributed by atoms with Crippen LogP contribution in [0.4, 0.5) is 0 Å². The summed E-state index contributed by atoms with van der Waals surface area (Å²) in [5, 5.41) is 11.1. The first-order valence-corrected chi connectivity index (χ1v) is 11.8. The number of aromatic amines is 1. The number of ether oxygens (including phenoxy) is 1. The Balaban J connectivity index is 1.69. The number of nitrogens with one attached hydrogen (secondary N) is 1. The van der Waals surface area contributed by atoms with E-state index >= 15 is 0 Å². The van der Waals surface area contributed by atoms with E-state index in [1.807, 2.05) is 6.92 Å². The minimum atomic E-state index is -0.779. The minimum Gasteiger partial charge on any atom is -0.463 e. The lowest BCUT2D eigenvalue weighted by atomic mass is 10.1. The van der Waals surface area contributed by atoms with E-state index in [4.69, 9.17) is 9.72 Å². The Morgan fingerprint density at radius 1 is 1.37 bits per heavy atom. The molecule has 0 spiro atoms. The van der Waals surface area contributed by atoms with Gasteiger partial charge in [-0.05, 0) is 50.1 Å². The largest absolute Gasteiger partial charge is 0.463 e. The summed E-state index contributed by atoms with van der Waals surface area (Å²) < 4.78 is 5.15. The Bertz CT molecular complexity index is 921. The fraction of sp³-hybridized carbons (Fsp3) is 0.682. The predicted molar refractivity (Wildman–Crippen MR) is 119 cm³/mol. The van der Waals surface area contributed by atoms with Gasteiger partial charge in [-0.25, -0.2) is 4.98 Å². The van der Waals surface area contributed by atoms with Crippen molar-refractivity contribution in [2.24, 2.45) is 5.92 Å². The number of carbonyl (C=O) groups is 1. The number of aryl methyl sites for hydroxylation is 2. The van der Waals surface area contributed by atoms with E-state index < -0.39 is 6.10 Å². The number of H-pyrrole nitrogens is 1. The second kappa shape index (κ2) is 10.5. The molecule has 166 valence electrons. The molecule has 3 rings (SSSR count). The number of aliphatic hydroxyl groups is 1. The van der Waals surface area contributed by atoms with Gasteiger partial charge in [0.05, 0.1) is 11.9 Å². The van der Waals surface area contributed by atoms with Crippen molar-refractivity contribution in [3.63, 3.8) is 0 Å². The lowest BCUT2D eigenvalue weighted by Gasteiger charge is -2.25. The maximum absolute atomic E-state index is 12.7. The molecule has 0 saturated heterocycles. The van der Waals surface area contributed by atoms with Crippen molar-refractivity contribution in [3.8, 4) is 0 Å². The number of thiophene rings is 1. The highest BCUT2D eigenvalue weighted by atomic mass is 32.1. The third-order valence-electron chi connectivity index (χ3n) is 5.38. The van der Waals surface area contributed by atoms with Gasteiger partial charge < -0.3 is 14.8 Å². The van der Waals surface area contributed by atoms with Crippen molar-refractivity contribution >= 4 is 27.5 Å². The molecule has 8 heteroatoms. The fourth-order valence-electron chi connectivity index (χ4n) is 3.83. The van der Waals surface area contributed by atoms with Gasteiger partial charge in [-0.15, -0.1) is 11.3 Å². The predicted octanol–water partition coefficient (Wildman–Crippen LogP) is 3.03. The third-order valence-corrected chi connectivity index (χ3v) is 6.57. The molecule has 30 heavy (non-hydrogen) atoms. The van der Waals surface area contributed by atoms with Gasteiger partial charge in [0.15, 0.2) is 0 Å². The van der Waals surface area contributed by atoms with Crippen LogP contribution in [0.15, 0.2) is 4.79 Å². The molecule has 1 aliphatic rings. The molecule has 1 aliphatic carbocycles. The normalized spacial score (nSPS) is 14.6.